The molecule has 0 aromatic heterocycles. The average molecular weight is 434 g/mol. The first-order valence-electron chi connectivity index (χ1n) is 9.74. The number of hydrogen-bond acceptors (Lipinski definition) is 2. The van der Waals surface area contributed by atoms with E-state index in [1.165, 1.54) is 0 Å². The minimum Gasteiger partial charge on any atom is -0.481 e. The van der Waals surface area contributed by atoms with Gasteiger partial charge in [-0.2, -0.15) is 0 Å². The van der Waals surface area contributed by atoms with Crippen molar-refractivity contribution in [1.29, 1.82) is 0 Å². The maximum Gasteiger partial charge on any atom is 0.304 e. The standard InChI is InChI=1S/C23H25Cl2NO3/c1-14(2)11-23(13-20(27)28)12-19(16-4-3-5-18(25)10-16)21(26-22(23)29)15-6-8-17(24)9-7-15/h3-10,14,19,21H,11-13H2,1-2H3,(H,26,29)(H,27,28)/t19-,21-,23+/m1/s1. The van der Waals surface area contributed by atoms with Crippen molar-refractivity contribution < 1.29 is 14.7 Å². The Labute approximate surface area is 181 Å². The Morgan fingerprint density at radius 3 is 2.41 bits per heavy atom. The lowest BCUT2D eigenvalue weighted by Crippen LogP contribution is -2.52. The molecular weight excluding hydrogens is 409 g/mol. The molecule has 0 spiro atoms. The normalized spacial score (nSPS) is 24.4. The van der Waals surface area contributed by atoms with E-state index >= 15 is 0 Å². The molecule has 0 saturated carbocycles. The smallest absolute Gasteiger partial charge is 0.304 e. The summed E-state index contributed by atoms with van der Waals surface area (Å²) in [6.45, 7) is 4.02. The van der Waals surface area contributed by atoms with Gasteiger partial charge in [0.25, 0.3) is 0 Å². The van der Waals surface area contributed by atoms with E-state index in [1.807, 2.05) is 50.2 Å². The molecule has 4 nitrogen and oxygen atoms in total. The third-order valence-corrected chi connectivity index (χ3v) is 6.06. The molecule has 2 N–H and O–H groups in total. The molecule has 1 aliphatic rings. The molecule has 154 valence electrons. The molecule has 6 heteroatoms. The molecule has 3 rings (SSSR count). The minimum absolute atomic E-state index is 0.106. The molecule has 0 unspecified atom stereocenters. The zero-order chi connectivity index (χ0) is 21.2. The Kier molecular flexibility index (Phi) is 6.55. The highest BCUT2D eigenvalue weighted by Gasteiger charge is 2.49. The van der Waals surface area contributed by atoms with Crippen molar-refractivity contribution in [3.63, 3.8) is 0 Å². The number of carboxylic acids is 1. The van der Waals surface area contributed by atoms with Crippen LogP contribution in [0.15, 0.2) is 48.5 Å². The zero-order valence-corrected chi connectivity index (χ0v) is 18.0. The van der Waals surface area contributed by atoms with Crippen molar-refractivity contribution in [2.45, 2.75) is 45.1 Å². The summed E-state index contributed by atoms with van der Waals surface area (Å²) in [6, 6.07) is 14.7. The Morgan fingerprint density at radius 1 is 1.14 bits per heavy atom. The van der Waals surface area contributed by atoms with Crippen molar-refractivity contribution in [3.05, 3.63) is 69.7 Å². The molecule has 0 bridgehead atoms. The van der Waals surface area contributed by atoms with E-state index in [-0.39, 0.29) is 30.2 Å². The predicted molar refractivity (Wildman–Crippen MR) is 115 cm³/mol. The Bertz CT molecular complexity index is 897. The summed E-state index contributed by atoms with van der Waals surface area (Å²) >= 11 is 12.3. The lowest BCUT2D eigenvalue weighted by Gasteiger charge is -2.45. The molecule has 0 radical (unpaired) electrons. The van der Waals surface area contributed by atoms with Gasteiger partial charge in [0.1, 0.15) is 0 Å². The number of amides is 1. The summed E-state index contributed by atoms with van der Waals surface area (Å²) in [7, 11) is 0. The Hall–Kier alpha value is -2.04. The van der Waals surface area contributed by atoms with Crippen LogP contribution in [0.25, 0.3) is 0 Å². The van der Waals surface area contributed by atoms with Crippen LogP contribution in [0.1, 0.15) is 56.2 Å². The van der Waals surface area contributed by atoms with Gasteiger partial charge in [-0.1, -0.05) is 61.3 Å². The van der Waals surface area contributed by atoms with Gasteiger partial charge in [0.05, 0.1) is 17.9 Å². The zero-order valence-electron chi connectivity index (χ0n) is 16.5. The number of piperidine rings is 1. The number of carbonyl (C=O) groups is 2. The lowest BCUT2D eigenvalue weighted by atomic mass is 9.64. The summed E-state index contributed by atoms with van der Waals surface area (Å²) in [5, 5.41) is 13.9. The van der Waals surface area contributed by atoms with Gasteiger partial charge in [0, 0.05) is 16.0 Å². The second-order valence-corrected chi connectivity index (χ2v) is 9.19. The average Bonchev–Trinajstić information content (AvgIpc) is 2.63. The fourth-order valence-electron chi connectivity index (χ4n) is 4.53. The van der Waals surface area contributed by atoms with Gasteiger partial charge in [-0.25, -0.2) is 0 Å². The predicted octanol–water partition coefficient (Wildman–Crippen LogP) is 5.85. The second kappa shape index (κ2) is 8.76. The van der Waals surface area contributed by atoms with Crippen LogP contribution in [0.4, 0.5) is 0 Å². The molecule has 2 aromatic rings. The summed E-state index contributed by atoms with van der Waals surface area (Å²) < 4.78 is 0. The van der Waals surface area contributed by atoms with Crippen molar-refractivity contribution in [2.24, 2.45) is 11.3 Å². The van der Waals surface area contributed by atoms with Gasteiger partial charge in [0.15, 0.2) is 0 Å². The van der Waals surface area contributed by atoms with Gasteiger partial charge in [-0.15, -0.1) is 0 Å². The molecule has 1 heterocycles. The molecule has 0 aliphatic carbocycles. The van der Waals surface area contributed by atoms with Crippen LogP contribution in [-0.4, -0.2) is 17.0 Å². The molecule has 1 aliphatic heterocycles. The molecule has 1 amide bonds. The quantitative estimate of drug-likeness (QED) is 0.600. The highest BCUT2D eigenvalue weighted by atomic mass is 35.5. The van der Waals surface area contributed by atoms with E-state index in [9.17, 15) is 14.7 Å². The third-order valence-electron chi connectivity index (χ3n) is 5.58. The Morgan fingerprint density at radius 2 is 1.83 bits per heavy atom. The van der Waals surface area contributed by atoms with E-state index < -0.39 is 11.4 Å². The van der Waals surface area contributed by atoms with Crippen LogP contribution >= 0.6 is 23.2 Å². The number of carbonyl (C=O) groups excluding carboxylic acids is 1. The first-order valence-corrected chi connectivity index (χ1v) is 10.5. The maximum atomic E-state index is 13.3. The van der Waals surface area contributed by atoms with Crippen LogP contribution in [0, 0.1) is 11.3 Å². The molecule has 3 atom stereocenters. The van der Waals surface area contributed by atoms with Crippen molar-refractivity contribution in [2.75, 3.05) is 0 Å². The third kappa shape index (κ3) is 4.93. The van der Waals surface area contributed by atoms with Crippen LogP contribution in [0.5, 0.6) is 0 Å². The summed E-state index contributed by atoms with van der Waals surface area (Å²) in [4.78, 5) is 24.9. The van der Waals surface area contributed by atoms with Gasteiger partial charge in [0.2, 0.25) is 5.91 Å². The number of rotatable bonds is 6. The first-order chi connectivity index (χ1) is 13.7. The van der Waals surface area contributed by atoms with E-state index in [2.05, 4.69) is 5.32 Å². The van der Waals surface area contributed by atoms with Crippen molar-refractivity contribution in [3.8, 4) is 0 Å². The van der Waals surface area contributed by atoms with Crippen LogP contribution < -0.4 is 5.32 Å². The Balaban J connectivity index is 2.08. The van der Waals surface area contributed by atoms with E-state index in [4.69, 9.17) is 23.2 Å². The monoisotopic (exact) mass is 433 g/mol. The molecule has 29 heavy (non-hydrogen) atoms. The molecule has 1 saturated heterocycles. The summed E-state index contributed by atoms with van der Waals surface area (Å²) in [5.74, 6) is -1.08. The van der Waals surface area contributed by atoms with Gasteiger partial charge in [-0.3, -0.25) is 9.59 Å². The number of benzene rings is 2. The number of hydrogen-bond donors (Lipinski definition) is 2. The van der Waals surface area contributed by atoms with Gasteiger partial charge >= 0.3 is 5.97 Å². The lowest BCUT2D eigenvalue weighted by molar-refractivity contribution is -0.149. The van der Waals surface area contributed by atoms with Crippen LogP contribution in [-0.2, 0) is 9.59 Å². The number of nitrogens with one attached hydrogen (secondary N) is 1. The van der Waals surface area contributed by atoms with E-state index in [1.54, 1.807) is 12.1 Å². The maximum absolute atomic E-state index is 13.3. The van der Waals surface area contributed by atoms with Crippen molar-refractivity contribution >= 4 is 35.1 Å². The largest absolute Gasteiger partial charge is 0.481 e. The van der Waals surface area contributed by atoms with Gasteiger partial charge < -0.3 is 10.4 Å². The number of aliphatic carboxylic acids is 1. The van der Waals surface area contributed by atoms with Crippen LogP contribution in [0.3, 0.4) is 0 Å². The minimum atomic E-state index is -0.962. The second-order valence-electron chi connectivity index (χ2n) is 8.32. The first kappa shape index (κ1) is 21.7. The summed E-state index contributed by atoms with van der Waals surface area (Å²) in [5.41, 5.74) is 0.952. The van der Waals surface area contributed by atoms with Gasteiger partial charge in [-0.05, 0) is 54.2 Å². The molecular formula is C23H25Cl2NO3. The van der Waals surface area contributed by atoms with Crippen molar-refractivity contribution in [1.82, 2.24) is 5.32 Å². The fraction of sp³-hybridized carbons (Fsp3) is 0.391. The molecule has 2 aromatic carbocycles. The van der Waals surface area contributed by atoms with E-state index in [0.717, 1.165) is 11.1 Å². The molecule has 1 fully saturated rings. The highest BCUT2D eigenvalue weighted by molar-refractivity contribution is 6.30. The topological polar surface area (TPSA) is 66.4 Å². The fourth-order valence-corrected chi connectivity index (χ4v) is 4.86. The highest BCUT2D eigenvalue weighted by Crippen LogP contribution is 2.49. The number of carboxylic acid groups (broad SMARTS) is 1. The SMILES string of the molecule is CC(C)C[C@@]1(CC(=O)O)C[C@H](c2cccc(Cl)c2)[C@@H](c2ccc(Cl)cc2)NC1=O. The number of halogens is 2. The van der Waals surface area contributed by atoms with Crippen LogP contribution in [0.2, 0.25) is 10.0 Å². The van der Waals surface area contributed by atoms with E-state index in [0.29, 0.717) is 22.9 Å². The summed E-state index contributed by atoms with van der Waals surface area (Å²) in [6.07, 6.45) is 0.758.